The summed E-state index contributed by atoms with van der Waals surface area (Å²) in [6, 6.07) is 8.37. The maximum Gasteiger partial charge on any atom is 0.186 e. The van der Waals surface area contributed by atoms with Crippen LogP contribution in [0.25, 0.3) is 0 Å². The van der Waals surface area contributed by atoms with Crippen LogP contribution in [0.2, 0.25) is 0 Å². The van der Waals surface area contributed by atoms with Crippen LogP contribution in [0.3, 0.4) is 0 Å². The number of benzene rings is 1. The van der Waals surface area contributed by atoms with Crippen molar-refractivity contribution >= 4 is 29.9 Å². The number of nitrogens with two attached hydrogens (primary N) is 2. The first-order valence-corrected chi connectivity index (χ1v) is 5.04. The fourth-order valence-corrected chi connectivity index (χ4v) is 1.29. The summed E-state index contributed by atoms with van der Waals surface area (Å²) in [5, 5.41) is 0. The number of hydrogen-bond donors (Lipinski definition) is 2. The summed E-state index contributed by atoms with van der Waals surface area (Å²) < 4.78 is 0. The Bertz CT molecular complexity index is 346. The van der Waals surface area contributed by atoms with Gasteiger partial charge in [-0.3, -0.25) is 0 Å². The summed E-state index contributed by atoms with van der Waals surface area (Å²) in [7, 11) is 0. The summed E-state index contributed by atoms with van der Waals surface area (Å²) in [6.45, 7) is 7.13. The van der Waals surface area contributed by atoms with E-state index in [1.807, 2.05) is 0 Å². The standard InChI is InChI=1S/C12H19N3.HI/c1-12(2,3)10-6-4-9(5-7-10)8-15-11(13)14;/h4-7H,8H2,1-3H3,(H4,13,14,15);1H. The van der Waals surface area contributed by atoms with Crippen LogP contribution in [0.15, 0.2) is 29.3 Å². The first-order chi connectivity index (χ1) is 6.89. The molecule has 0 aromatic heterocycles. The van der Waals surface area contributed by atoms with Crippen molar-refractivity contribution in [2.45, 2.75) is 32.7 Å². The summed E-state index contributed by atoms with van der Waals surface area (Å²) in [4.78, 5) is 3.96. The number of hydrogen-bond acceptors (Lipinski definition) is 1. The molecule has 4 N–H and O–H groups in total. The maximum absolute atomic E-state index is 5.27. The molecule has 0 aliphatic rings. The monoisotopic (exact) mass is 333 g/mol. The molecule has 1 rings (SSSR count). The highest BCUT2D eigenvalue weighted by molar-refractivity contribution is 14.0. The Balaban J connectivity index is 0.00000225. The van der Waals surface area contributed by atoms with E-state index in [0.717, 1.165) is 5.56 Å². The SMILES string of the molecule is CC(C)(C)c1ccc(CN=C(N)N)cc1.I. The zero-order chi connectivity index (χ0) is 11.5. The van der Waals surface area contributed by atoms with Crippen LogP contribution < -0.4 is 11.5 Å². The lowest BCUT2D eigenvalue weighted by Crippen LogP contribution is -2.22. The molecule has 0 saturated carbocycles. The van der Waals surface area contributed by atoms with Crippen molar-refractivity contribution in [2.24, 2.45) is 16.5 Å². The maximum atomic E-state index is 5.27. The van der Waals surface area contributed by atoms with Crippen LogP contribution in [-0.2, 0) is 12.0 Å². The molecule has 0 bridgehead atoms. The molecule has 0 amide bonds. The van der Waals surface area contributed by atoms with E-state index in [0.29, 0.717) is 6.54 Å². The lowest BCUT2D eigenvalue weighted by molar-refractivity contribution is 0.590. The average molecular weight is 333 g/mol. The average Bonchev–Trinajstić information content (AvgIpc) is 2.14. The molecular formula is C12H20IN3. The van der Waals surface area contributed by atoms with E-state index in [1.165, 1.54) is 5.56 Å². The first kappa shape index (κ1) is 15.2. The Morgan fingerprint density at radius 2 is 1.62 bits per heavy atom. The van der Waals surface area contributed by atoms with Crippen LogP contribution in [0.1, 0.15) is 31.9 Å². The van der Waals surface area contributed by atoms with Gasteiger partial charge in [0.15, 0.2) is 5.96 Å². The Morgan fingerprint density at radius 3 is 2.00 bits per heavy atom. The van der Waals surface area contributed by atoms with Gasteiger partial charge in [0.2, 0.25) is 0 Å². The second-order valence-corrected chi connectivity index (χ2v) is 4.69. The zero-order valence-electron chi connectivity index (χ0n) is 10.0. The number of aliphatic imine (C=N–C) groups is 1. The minimum absolute atomic E-state index is 0. The molecule has 0 heterocycles. The van der Waals surface area contributed by atoms with Crippen molar-refractivity contribution in [3.05, 3.63) is 35.4 Å². The van der Waals surface area contributed by atoms with Crippen LogP contribution in [0.4, 0.5) is 0 Å². The lowest BCUT2D eigenvalue weighted by Gasteiger charge is -2.18. The molecule has 0 aliphatic heterocycles. The molecule has 0 radical (unpaired) electrons. The predicted octanol–water partition coefficient (Wildman–Crippen LogP) is 2.38. The van der Waals surface area contributed by atoms with Crippen LogP contribution in [-0.4, -0.2) is 5.96 Å². The zero-order valence-corrected chi connectivity index (χ0v) is 12.4. The van der Waals surface area contributed by atoms with E-state index in [2.05, 4.69) is 50.0 Å². The highest BCUT2D eigenvalue weighted by atomic mass is 127. The molecule has 3 nitrogen and oxygen atoms in total. The van der Waals surface area contributed by atoms with Gasteiger partial charge in [-0.2, -0.15) is 0 Å². The lowest BCUT2D eigenvalue weighted by atomic mass is 9.87. The summed E-state index contributed by atoms with van der Waals surface area (Å²) >= 11 is 0. The molecule has 16 heavy (non-hydrogen) atoms. The van der Waals surface area contributed by atoms with Gasteiger partial charge in [0.05, 0.1) is 6.54 Å². The van der Waals surface area contributed by atoms with Gasteiger partial charge in [0.1, 0.15) is 0 Å². The minimum Gasteiger partial charge on any atom is -0.370 e. The van der Waals surface area contributed by atoms with Gasteiger partial charge in [0.25, 0.3) is 0 Å². The topological polar surface area (TPSA) is 64.4 Å². The summed E-state index contributed by atoms with van der Waals surface area (Å²) in [6.07, 6.45) is 0. The quantitative estimate of drug-likeness (QED) is 0.496. The number of guanidine groups is 1. The predicted molar refractivity (Wildman–Crippen MR) is 80.1 cm³/mol. The Hall–Kier alpha value is -0.780. The third-order valence-corrected chi connectivity index (χ3v) is 2.26. The highest BCUT2D eigenvalue weighted by Gasteiger charge is 2.12. The van der Waals surface area contributed by atoms with E-state index in [9.17, 15) is 0 Å². The minimum atomic E-state index is 0. The van der Waals surface area contributed by atoms with Crippen molar-refractivity contribution in [1.82, 2.24) is 0 Å². The smallest absolute Gasteiger partial charge is 0.186 e. The fourth-order valence-electron chi connectivity index (χ4n) is 1.29. The second kappa shape index (κ2) is 6.08. The Kier molecular flexibility index (Phi) is 5.78. The Morgan fingerprint density at radius 1 is 1.12 bits per heavy atom. The van der Waals surface area contributed by atoms with Crippen molar-refractivity contribution in [3.8, 4) is 0 Å². The molecule has 0 atom stereocenters. The fraction of sp³-hybridized carbons (Fsp3) is 0.417. The largest absolute Gasteiger partial charge is 0.370 e. The van der Waals surface area contributed by atoms with E-state index < -0.39 is 0 Å². The van der Waals surface area contributed by atoms with Crippen molar-refractivity contribution in [3.63, 3.8) is 0 Å². The molecule has 0 unspecified atom stereocenters. The first-order valence-electron chi connectivity index (χ1n) is 5.04. The van der Waals surface area contributed by atoms with Gasteiger partial charge in [-0.05, 0) is 16.5 Å². The second-order valence-electron chi connectivity index (χ2n) is 4.69. The highest BCUT2D eigenvalue weighted by Crippen LogP contribution is 2.22. The van der Waals surface area contributed by atoms with Gasteiger partial charge in [0, 0.05) is 0 Å². The third kappa shape index (κ3) is 4.83. The van der Waals surface area contributed by atoms with Gasteiger partial charge in [-0.25, -0.2) is 4.99 Å². The molecular weight excluding hydrogens is 313 g/mol. The molecule has 0 spiro atoms. The van der Waals surface area contributed by atoms with Crippen molar-refractivity contribution < 1.29 is 0 Å². The molecule has 1 aromatic rings. The molecule has 0 aliphatic carbocycles. The van der Waals surface area contributed by atoms with Crippen molar-refractivity contribution in [2.75, 3.05) is 0 Å². The Labute approximate surface area is 114 Å². The molecule has 0 saturated heterocycles. The normalized spacial score (nSPS) is 10.4. The van der Waals surface area contributed by atoms with E-state index in [1.54, 1.807) is 0 Å². The third-order valence-electron chi connectivity index (χ3n) is 2.26. The van der Waals surface area contributed by atoms with Crippen LogP contribution >= 0.6 is 24.0 Å². The number of halogens is 1. The number of nitrogens with zero attached hydrogens (tertiary/aromatic N) is 1. The van der Waals surface area contributed by atoms with E-state index in [4.69, 9.17) is 11.5 Å². The molecule has 90 valence electrons. The van der Waals surface area contributed by atoms with Gasteiger partial charge in [-0.1, -0.05) is 45.0 Å². The molecule has 0 fully saturated rings. The summed E-state index contributed by atoms with van der Waals surface area (Å²) in [5.41, 5.74) is 13.2. The van der Waals surface area contributed by atoms with Crippen LogP contribution in [0.5, 0.6) is 0 Å². The summed E-state index contributed by atoms with van der Waals surface area (Å²) in [5.74, 6) is 0.134. The van der Waals surface area contributed by atoms with Gasteiger partial charge in [-0.15, -0.1) is 24.0 Å². The van der Waals surface area contributed by atoms with Crippen LogP contribution in [0, 0.1) is 0 Å². The van der Waals surface area contributed by atoms with E-state index >= 15 is 0 Å². The number of rotatable bonds is 2. The van der Waals surface area contributed by atoms with Gasteiger partial charge < -0.3 is 11.5 Å². The van der Waals surface area contributed by atoms with E-state index in [-0.39, 0.29) is 35.4 Å². The van der Waals surface area contributed by atoms with Gasteiger partial charge >= 0.3 is 0 Å². The molecule has 1 aromatic carbocycles. The molecule has 4 heteroatoms. The van der Waals surface area contributed by atoms with Crippen molar-refractivity contribution in [1.29, 1.82) is 0 Å².